The van der Waals surface area contributed by atoms with Gasteiger partial charge in [0.05, 0.1) is 0 Å². The van der Waals surface area contributed by atoms with Crippen molar-refractivity contribution >= 4 is 27.8 Å². The fourth-order valence-electron chi connectivity index (χ4n) is 1.53. The Labute approximate surface area is 129 Å². The Morgan fingerprint density at radius 3 is 2.57 bits per heavy atom. The molecule has 0 aliphatic carbocycles. The van der Waals surface area contributed by atoms with E-state index in [0.29, 0.717) is 10.9 Å². The smallest absolute Gasteiger partial charge is 0.388 e. The van der Waals surface area contributed by atoms with Crippen molar-refractivity contribution in [2.45, 2.75) is 30.9 Å². The molecule has 0 aromatic heterocycles. The van der Waals surface area contributed by atoms with Crippen molar-refractivity contribution in [1.82, 2.24) is 0 Å². The molecule has 0 spiro atoms. The van der Waals surface area contributed by atoms with E-state index < -0.39 is 23.2 Å². The molecule has 0 bridgehead atoms. The number of carbonyl (C=O) groups is 1. The Balaban J connectivity index is 2.96. The molecule has 0 atom stereocenters. The molecule has 0 saturated carbocycles. The molecule has 1 rings (SSSR count). The number of aliphatic imine (C=N–C) groups is 1. The van der Waals surface area contributed by atoms with Gasteiger partial charge in [-0.15, -0.1) is 0 Å². The molecular formula is C13H16BrF2N3O2. The second-order valence-electron chi connectivity index (χ2n) is 4.65. The summed E-state index contributed by atoms with van der Waals surface area (Å²) in [5.74, 6) is -7.37. The fourth-order valence-corrected chi connectivity index (χ4v) is 1.88. The van der Waals surface area contributed by atoms with Gasteiger partial charge in [0, 0.05) is 17.8 Å². The average molecular weight is 364 g/mol. The number of hydrogen-bond acceptors (Lipinski definition) is 5. The molecule has 1 aromatic rings. The summed E-state index contributed by atoms with van der Waals surface area (Å²) in [6, 6.07) is 5.46. The highest BCUT2D eigenvalue weighted by Crippen LogP contribution is 2.30. The maximum Gasteiger partial charge on any atom is 0.388 e. The topological polar surface area (TPSA) is 90.7 Å². The van der Waals surface area contributed by atoms with Crippen LogP contribution < -0.4 is 11.5 Å². The Hall–Kier alpha value is -1.38. The van der Waals surface area contributed by atoms with E-state index in [1.807, 2.05) is 0 Å². The minimum absolute atomic E-state index is 0.330. The van der Waals surface area contributed by atoms with Gasteiger partial charge in [-0.05, 0) is 18.6 Å². The Bertz CT molecular complexity index is 557. The first kappa shape index (κ1) is 17.7. The van der Waals surface area contributed by atoms with Crippen LogP contribution in [0.1, 0.15) is 25.0 Å². The monoisotopic (exact) mass is 363 g/mol. The van der Waals surface area contributed by atoms with Gasteiger partial charge in [-0.25, -0.2) is 9.79 Å². The van der Waals surface area contributed by atoms with Crippen LogP contribution in [-0.4, -0.2) is 17.7 Å². The highest BCUT2D eigenvalue weighted by atomic mass is 79.9. The van der Waals surface area contributed by atoms with E-state index in [9.17, 15) is 13.6 Å². The number of nitrogens with zero attached hydrogens (tertiary/aromatic N) is 1. The van der Waals surface area contributed by atoms with Crippen LogP contribution in [0.5, 0.6) is 0 Å². The third kappa shape index (κ3) is 5.14. The molecule has 1 aromatic carbocycles. The van der Waals surface area contributed by atoms with Gasteiger partial charge in [-0.1, -0.05) is 34.1 Å². The number of nitrogens with two attached hydrogens (primary N) is 2. The molecule has 0 fully saturated rings. The number of alkyl halides is 3. The second kappa shape index (κ2) is 6.59. The van der Waals surface area contributed by atoms with E-state index in [-0.39, 0.29) is 5.90 Å². The van der Waals surface area contributed by atoms with E-state index >= 15 is 0 Å². The predicted molar refractivity (Wildman–Crippen MR) is 78.9 cm³/mol. The highest BCUT2D eigenvalue weighted by Gasteiger charge is 2.43. The molecule has 0 saturated heterocycles. The van der Waals surface area contributed by atoms with E-state index in [1.165, 1.54) is 26.0 Å². The average Bonchev–Trinajstić information content (AvgIpc) is 2.36. The number of halogens is 3. The minimum Gasteiger partial charge on any atom is -0.407 e. The third-order valence-electron chi connectivity index (χ3n) is 2.34. The van der Waals surface area contributed by atoms with Gasteiger partial charge in [-0.2, -0.15) is 8.78 Å². The third-order valence-corrected chi connectivity index (χ3v) is 2.99. The van der Waals surface area contributed by atoms with E-state index in [0.717, 1.165) is 6.07 Å². The molecule has 0 radical (unpaired) electrons. The van der Waals surface area contributed by atoms with Gasteiger partial charge in [0.15, 0.2) is 11.7 Å². The molecular weight excluding hydrogens is 348 g/mol. The predicted octanol–water partition coefficient (Wildman–Crippen LogP) is 2.23. The Kier molecular flexibility index (Phi) is 5.54. The van der Waals surface area contributed by atoms with E-state index in [4.69, 9.17) is 11.5 Å². The van der Waals surface area contributed by atoms with Crippen LogP contribution in [0.15, 0.2) is 29.3 Å². The van der Waals surface area contributed by atoms with Crippen LogP contribution in [0.2, 0.25) is 0 Å². The molecule has 0 unspecified atom stereocenters. The van der Waals surface area contributed by atoms with Gasteiger partial charge in [0.1, 0.15) is 0 Å². The number of esters is 1. The first-order chi connectivity index (χ1) is 9.56. The molecule has 0 aliphatic rings. The summed E-state index contributed by atoms with van der Waals surface area (Å²) in [6.45, 7) is 2.56. The normalized spacial score (nSPS) is 13.2. The molecule has 4 N–H and O–H groups in total. The van der Waals surface area contributed by atoms with E-state index in [1.54, 1.807) is 6.07 Å². The number of hydrogen-bond donors (Lipinski definition) is 2. The van der Waals surface area contributed by atoms with Gasteiger partial charge < -0.3 is 4.74 Å². The Morgan fingerprint density at radius 1 is 1.43 bits per heavy atom. The van der Waals surface area contributed by atoms with Crippen molar-refractivity contribution in [1.29, 1.82) is 0 Å². The summed E-state index contributed by atoms with van der Waals surface area (Å²) in [7, 11) is 0. The quantitative estimate of drug-likeness (QED) is 0.282. The molecule has 116 valence electrons. The molecule has 8 heteroatoms. The van der Waals surface area contributed by atoms with Gasteiger partial charge in [-0.3, -0.25) is 11.5 Å². The lowest BCUT2D eigenvalue weighted by atomic mass is 10.1. The lowest BCUT2D eigenvalue weighted by Gasteiger charge is -2.17. The molecule has 0 aliphatic heterocycles. The maximum atomic E-state index is 14.1. The van der Waals surface area contributed by atoms with Crippen molar-refractivity contribution in [2.24, 2.45) is 16.5 Å². The summed E-state index contributed by atoms with van der Waals surface area (Å²) in [4.78, 5) is 15.2. The lowest BCUT2D eigenvalue weighted by Crippen LogP contribution is -2.45. The highest BCUT2D eigenvalue weighted by molar-refractivity contribution is 9.08. The van der Waals surface area contributed by atoms with Crippen LogP contribution in [-0.2, 0) is 20.8 Å². The van der Waals surface area contributed by atoms with Crippen molar-refractivity contribution in [3.8, 4) is 0 Å². The molecule has 5 nitrogen and oxygen atoms in total. The van der Waals surface area contributed by atoms with Crippen LogP contribution in [0.3, 0.4) is 0 Å². The van der Waals surface area contributed by atoms with Crippen molar-refractivity contribution < 1.29 is 18.3 Å². The number of benzene rings is 1. The fraction of sp³-hybridized carbons (Fsp3) is 0.385. The maximum absolute atomic E-state index is 14.1. The number of ether oxygens (including phenoxy) is 1. The zero-order chi connectivity index (χ0) is 16.3. The van der Waals surface area contributed by atoms with Crippen molar-refractivity contribution in [3.05, 3.63) is 35.4 Å². The van der Waals surface area contributed by atoms with Gasteiger partial charge in [0.2, 0.25) is 0 Å². The van der Waals surface area contributed by atoms with Gasteiger partial charge >= 0.3 is 11.9 Å². The standard InChI is InChI=1S/C13H16BrF2N3O2/c1-8(19-12(2,17)18)21-11(20)13(15,16)10-5-3-4-9(6-10)7-14/h3-6H,7,17-18H2,1-2H3. The summed E-state index contributed by atoms with van der Waals surface area (Å²) < 4.78 is 32.6. The first-order valence-electron chi connectivity index (χ1n) is 5.96. The molecule has 21 heavy (non-hydrogen) atoms. The van der Waals surface area contributed by atoms with Crippen LogP contribution in [0.4, 0.5) is 8.78 Å². The van der Waals surface area contributed by atoms with Crippen LogP contribution >= 0.6 is 15.9 Å². The minimum atomic E-state index is -3.80. The van der Waals surface area contributed by atoms with Gasteiger partial charge in [0.25, 0.3) is 0 Å². The van der Waals surface area contributed by atoms with E-state index in [2.05, 4.69) is 25.7 Å². The van der Waals surface area contributed by atoms with Crippen LogP contribution in [0.25, 0.3) is 0 Å². The Morgan fingerprint density at radius 2 is 2.05 bits per heavy atom. The zero-order valence-corrected chi connectivity index (χ0v) is 13.2. The summed E-state index contributed by atoms with van der Waals surface area (Å²) in [5.41, 5.74) is 10.9. The number of rotatable bonds is 4. The second-order valence-corrected chi connectivity index (χ2v) is 5.22. The SMILES string of the molecule is CC(=NC(C)(N)N)OC(=O)C(F)(F)c1cccc(CBr)c1. The molecule has 0 amide bonds. The van der Waals surface area contributed by atoms with Crippen molar-refractivity contribution in [2.75, 3.05) is 0 Å². The largest absolute Gasteiger partial charge is 0.407 e. The van der Waals surface area contributed by atoms with Crippen LogP contribution in [0, 0.1) is 0 Å². The zero-order valence-electron chi connectivity index (χ0n) is 11.6. The number of carbonyl (C=O) groups excluding carboxylic acids is 1. The lowest BCUT2D eigenvalue weighted by molar-refractivity contribution is -0.164. The summed E-state index contributed by atoms with van der Waals surface area (Å²) in [6.07, 6.45) is 0. The van der Waals surface area contributed by atoms with Crippen molar-refractivity contribution in [3.63, 3.8) is 0 Å². The summed E-state index contributed by atoms with van der Waals surface area (Å²) >= 11 is 3.16. The summed E-state index contributed by atoms with van der Waals surface area (Å²) in [5, 5.41) is 0.394. The first-order valence-corrected chi connectivity index (χ1v) is 7.08. The molecule has 0 heterocycles.